The Kier molecular flexibility index (Phi) is 4.93. The first kappa shape index (κ1) is 13.6. The SMILES string of the molecule is O=Cc1cc(Br)ccc1OCC=Cc1ccccc1. The molecule has 2 aromatic rings. The largest absolute Gasteiger partial charge is 0.489 e. The third-order valence-electron chi connectivity index (χ3n) is 2.54. The van der Waals surface area contributed by atoms with Crippen LogP contribution in [0.15, 0.2) is 59.1 Å². The molecule has 0 unspecified atom stereocenters. The van der Waals surface area contributed by atoms with E-state index >= 15 is 0 Å². The molecule has 19 heavy (non-hydrogen) atoms. The predicted molar refractivity (Wildman–Crippen MR) is 80.5 cm³/mol. The topological polar surface area (TPSA) is 26.3 Å². The van der Waals surface area contributed by atoms with E-state index in [2.05, 4.69) is 15.9 Å². The highest BCUT2D eigenvalue weighted by molar-refractivity contribution is 9.10. The molecule has 0 aromatic heterocycles. The van der Waals surface area contributed by atoms with E-state index in [1.54, 1.807) is 12.1 Å². The lowest BCUT2D eigenvalue weighted by Gasteiger charge is -2.06. The summed E-state index contributed by atoms with van der Waals surface area (Å²) in [5, 5.41) is 0. The van der Waals surface area contributed by atoms with Crippen molar-refractivity contribution in [2.45, 2.75) is 0 Å². The van der Waals surface area contributed by atoms with Crippen molar-refractivity contribution >= 4 is 28.3 Å². The van der Waals surface area contributed by atoms with Gasteiger partial charge in [0.2, 0.25) is 0 Å². The van der Waals surface area contributed by atoms with Gasteiger partial charge in [-0.2, -0.15) is 0 Å². The third kappa shape index (κ3) is 4.07. The summed E-state index contributed by atoms with van der Waals surface area (Å²) in [6, 6.07) is 15.4. The van der Waals surface area contributed by atoms with Gasteiger partial charge in [0.05, 0.1) is 5.56 Å². The van der Waals surface area contributed by atoms with Crippen LogP contribution in [-0.4, -0.2) is 12.9 Å². The molecule has 0 aliphatic heterocycles. The van der Waals surface area contributed by atoms with Crippen LogP contribution < -0.4 is 4.74 Å². The molecule has 0 saturated carbocycles. The van der Waals surface area contributed by atoms with Crippen LogP contribution in [0, 0.1) is 0 Å². The normalized spacial score (nSPS) is 10.6. The minimum absolute atomic E-state index is 0.428. The number of rotatable bonds is 5. The summed E-state index contributed by atoms with van der Waals surface area (Å²) in [5.41, 5.74) is 1.67. The summed E-state index contributed by atoms with van der Waals surface area (Å²) >= 11 is 3.32. The smallest absolute Gasteiger partial charge is 0.153 e. The number of ether oxygens (including phenoxy) is 1. The van der Waals surface area contributed by atoms with Gasteiger partial charge in [-0.15, -0.1) is 0 Å². The molecule has 0 aliphatic carbocycles. The quantitative estimate of drug-likeness (QED) is 0.766. The molecular weight excluding hydrogens is 304 g/mol. The first-order valence-electron chi connectivity index (χ1n) is 5.89. The van der Waals surface area contributed by atoms with Crippen molar-refractivity contribution < 1.29 is 9.53 Å². The number of hydrogen-bond acceptors (Lipinski definition) is 2. The maximum atomic E-state index is 10.9. The summed E-state index contributed by atoms with van der Waals surface area (Å²) in [6.07, 6.45) is 4.70. The second-order valence-corrected chi connectivity index (χ2v) is 4.84. The van der Waals surface area contributed by atoms with Crippen molar-refractivity contribution in [2.24, 2.45) is 0 Å². The Labute approximate surface area is 120 Å². The van der Waals surface area contributed by atoms with Gasteiger partial charge in [-0.1, -0.05) is 52.3 Å². The Morgan fingerprint density at radius 1 is 1.11 bits per heavy atom. The molecule has 3 heteroatoms. The van der Waals surface area contributed by atoms with Gasteiger partial charge in [-0.25, -0.2) is 0 Å². The van der Waals surface area contributed by atoms with Gasteiger partial charge in [-0.3, -0.25) is 4.79 Å². The van der Waals surface area contributed by atoms with E-state index < -0.39 is 0 Å². The summed E-state index contributed by atoms with van der Waals surface area (Å²) in [4.78, 5) is 10.9. The molecule has 2 aromatic carbocycles. The fourth-order valence-corrected chi connectivity index (χ4v) is 2.01. The average molecular weight is 317 g/mol. The average Bonchev–Trinajstić information content (AvgIpc) is 2.46. The molecule has 0 fully saturated rings. The lowest BCUT2D eigenvalue weighted by molar-refractivity contribution is 0.112. The van der Waals surface area contributed by atoms with E-state index in [0.717, 1.165) is 16.3 Å². The van der Waals surface area contributed by atoms with Gasteiger partial charge in [0.25, 0.3) is 0 Å². The predicted octanol–water partition coefficient (Wildman–Crippen LogP) is 4.35. The molecule has 0 aliphatic rings. The third-order valence-corrected chi connectivity index (χ3v) is 3.04. The summed E-state index contributed by atoms with van der Waals surface area (Å²) < 4.78 is 6.43. The minimum atomic E-state index is 0.428. The molecule has 0 atom stereocenters. The van der Waals surface area contributed by atoms with E-state index in [-0.39, 0.29) is 0 Å². The Bertz CT molecular complexity index is 577. The molecule has 0 radical (unpaired) electrons. The van der Waals surface area contributed by atoms with Crippen molar-refractivity contribution in [2.75, 3.05) is 6.61 Å². The first-order valence-corrected chi connectivity index (χ1v) is 6.68. The van der Waals surface area contributed by atoms with E-state index in [9.17, 15) is 4.79 Å². The van der Waals surface area contributed by atoms with Crippen LogP contribution in [0.1, 0.15) is 15.9 Å². The van der Waals surface area contributed by atoms with Gasteiger partial charge < -0.3 is 4.74 Å². The van der Waals surface area contributed by atoms with Crippen LogP contribution in [0.3, 0.4) is 0 Å². The maximum Gasteiger partial charge on any atom is 0.153 e. The number of aldehydes is 1. The van der Waals surface area contributed by atoms with Crippen molar-refractivity contribution in [1.29, 1.82) is 0 Å². The number of carbonyl (C=O) groups is 1. The van der Waals surface area contributed by atoms with Gasteiger partial charge in [0, 0.05) is 4.47 Å². The number of hydrogen-bond donors (Lipinski definition) is 0. The maximum absolute atomic E-state index is 10.9. The van der Waals surface area contributed by atoms with Gasteiger partial charge in [0.15, 0.2) is 6.29 Å². The van der Waals surface area contributed by atoms with Gasteiger partial charge in [0.1, 0.15) is 12.4 Å². The van der Waals surface area contributed by atoms with Crippen molar-refractivity contribution in [1.82, 2.24) is 0 Å². The standard InChI is InChI=1S/C16H13BrO2/c17-15-8-9-16(14(11-15)12-18)19-10-4-7-13-5-2-1-3-6-13/h1-9,11-12H,10H2. The molecule has 2 nitrogen and oxygen atoms in total. The van der Waals surface area contributed by atoms with Crippen LogP contribution in [0.4, 0.5) is 0 Å². The lowest BCUT2D eigenvalue weighted by Crippen LogP contribution is -1.97. The molecule has 0 N–H and O–H groups in total. The fourth-order valence-electron chi connectivity index (χ4n) is 1.63. The Morgan fingerprint density at radius 3 is 2.63 bits per heavy atom. The van der Waals surface area contributed by atoms with Crippen LogP contribution >= 0.6 is 15.9 Å². The minimum Gasteiger partial charge on any atom is -0.489 e. The highest BCUT2D eigenvalue weighted by atomic mass is 79.9. The fraction of sp³-hybridized carbons (Fsp3) is 0.0625. The van der Waals surface area contributed by atoms with E-state index in [1.807, 2.05) is 48.6 Å². The zero-order chi connectivity index (χ0) is 13.5. The van der Waals surface area contributed by atoms with Gasteiger partial charge >= 0.3 is 0 Å². The number of benzene rings is 2. The first-order chi connectivity index (χ1) is 9.29. The highest BCUT2D eigenvalue weighted by Crippen LogP contribution is 2.21. The zero-order valence-corrected chi connectivity index (χ0v) is 11.8. The molecule has 2 rings (SSSR count). The van der Waals surface area contributed by atoms with Crippen LogP contribution in [0.5, 0.6) is 5.75 Å². The van der Waals surface area contributed by atoms with Crippen molar-refractivity contribution in [3.8, 4) is 5.75 Å². The second kappa shape index (κ2) is 6.90. The van der Waals surface area contributed by atoms with Crippen molar-refractivity contribution in [3.63, 3.8) is 0 Å². The van der Waals surface area contributed by atoms with Crippen LogP contribution in [-0.2, 0) is 0 Å². The van der Waals surface area contributed by atoms with Crippen LogP contribution in [0.25, 0.3) is 6.08 Å². The summed E-state index contributed by atoms with van der Waals surface area (Å²) in [6.45, 7) is 0.428. The van der Waals surface area contributed by atoms with Crippen LogP contribution in [0.2, 0.25) is 0 Å². The van der Waals surface area contributed by atoms with Gasteiger partial charge in [-0.05, 0) is 29.8 Å². The zero-order valence-electron chi connectivity index (χ0n) is 10.3. The lowest BCUT2D eigenvalue weighted by atomic mass is 10.2. The Hall–Kier alpha value is -1.87. The number of halogens is 1. The Morgan fingerprint density at radius 2 is 1.89 bits per heavy atom. The van der Waals surface area contributed by atoms with Crippen molar-refractivity contribution in [3.05, 3.63) is 70.2 Å². The monoisotopic (exact) mass is 316 g/mol. The molecule has 96 valence electrons. The molecular formula is C16H13BrO2. The summed E-state index contributed by atoms with van der Waals surface area (Å²) in [7, 11) is 0. The summed E-state index contributed by atoms with van der Waals surface area (Å²) in [5.74, 6) is 0.593. The molecule has 0 spiro atoms. The van der Waals surface area contributed by atoms with E-state index in [1.165, 1.54) is 0 Å². The highest BCUT2D eigenvalue weighted by Gasteiger charge is 2.02. The Balaban J connectivity index is 1.96. The molecule has 0 amide bonds. The molecule has 0 saturated heterocycles. The van der Waals surface area contributed by atoms with E-state index in [0.29, 0.717) is 17.9 Å². The molecule has 0 bridgehead atoms. The molecule has 0 heterocycles. The van der Waals surface area contributed by atoms with E-state index in [4.69, 9.17) is 4.74 Å². The second-order valence-electron chi connectivity index (χ2n) is 3.92. The number of carbonyl (C=O) groups excluding carboxylic acids is 1.